The molecule has 0 aliphatic carbocycles. The van der Waals surface area contributed by atoms with Gasteiger partial charge in [0.05, 0.1) is 17.8 Å². The van der Waals surface area contributed by atoms with Gasteiger partial charge in [-0.25, -0.2) is 4.98 Å². The van der Waals surface area contributed by atoms with Crippen LogP contribution < -0.4 is 10.7 Å². The minimum atomic E-state index is 0.0737. The SMILES string of the molecule is CC=[N+](CCO)c1[nH+]ccc2nc(-c3ccc(C[NH3+])cc3)c(-c3ccccc3)cc12. The molecule has 0 aliphatic heterocycles. The van der Waals surface area contributed by atoms with E-state index in [1.54, 1.807) is 0 Å². The Balaban J connectivity index is 1.99. The minimum Gasteiger partial charge on any atom is -0.390 e. The Morgan fingerprint density at radius 2 is 1.80 bits per heavy atom. The number of fused-ring (bicyclic) bond motifs is 1. The number of pyridine rings is 2. The van der Waals surface area contributed by atoms with E-state index in [1.165, 1.54) is 5.56 Å². The van der Waals surface area contributed by atoms with Crippen molar-refractivity contribution >= 4 is 22.9 Å². The van der Waals surface area contributed by atoms with Gasteiger partial charge in [-0.3, -0.25) is 0 Å². The van der Waals surface area contributed by atoms with Crippen molar-refractivity contribution in [1.29, 1.82) is 0 Å². The highest BCUT2D eigenvalue weighted by molar-refractivity contribution is 5.94. The molecule has 0 radical (unpaired) electrons. The van der Waals surface area contributed by atoms with Gasteiger partial charge in [-0.1, -0.05) is 54.6 Å². The molecule has 0 spiro atoms. The summed E-state index contributed by atoms with van der Waals surface area (Å²) < 4.78 is 2.02. The number of H-pyrrole nitrogens is 1. The van der Waals surface area contributed by atoms with Gasteiger partial charge in [-0.05, 0) is 11.6 Å². The molecule has 0 fully saturated rings. The van der Waals surface area contributed by atoms with Crippen LogP contribution in [0.25, 0.3) is 33.3 Å². The molecule has 0 aliphatic rings. The van der Waals surface area contributed by atoms with E-state index in [9.17, 15) is 5.11 Å². The van der Waals surface area contributed by atoms with Gasteiger partial charge in [0.2, 0.25) is 0 Å². The number of quaternary nitrogens is 1. The fourth-order valence-corrected chi connectivity index (χ4v) is 3.72. The number of aliphatic hydroxyl groups excluding tert-OH is 1. The monoisotopic (exact) mass is 399 g/mol. The van der Waals surface area contributed by atoms with E-state index in [0.29, 0.717) is 6.54 Å². The molecule has 150 valence electrons. The number of aromatic nitrogens is 2. The summed E-state index contributed by atoms with van der Waals surface area (Å²) in [6.07, 6.45) is 3.87. The van der Waals surface area contributed by atoms with Crippen LogP contribution in [0.5, 0.6) is 0 Å². The molecule has 0 unspecified atom stereocenters. The highest BCUT2D eigenvalue weighted by Crippen LogP contribution is 2.35. The number of hydrogen-bond acceptors (Lipinski definition) is 2. The van der Waals surface area contributed by atoms with Crippen molar-refractivity contribution in [3.05, 3.63) is 78.5 Å². The summed E-state index contributed by atoms with van der Waals surface area (Å²) in [5, 5.41) is 10.5. The largest absolute Gasteiger partial charge is 0.451 e. The minimum absolute atomic E-state index is 0.0737. The summed E-state index contributed by atoms with van der Waals surface area (Å²) in [6.45, 7) is 3.32. The van der Waals surface area contributed by atoms with E-state index in [4.69, 9.17) is 4.98 Å². The quantitative estimate of drug-likeness (QED) is 0.386. The third-order valence-electron chi connectivity index (χ3n) is 5.31. The lowest BCUT2D eigenvalue weighted by molar-refractivity contribution is -0.551. The predicted octanol–water partition coefficient (Wildman–Crippen LogP) is 2.85. The molecule has 4 aromatic rings. The van der Waals surface area contributed by atoms with Crippen molar-refractivity contribution in [2.45, 2.75) is 13.5 Å². The molecule has 2 heterocycles. The molecule has 0 saturated heterocycles. The zero-order chi connectivity index (χ0) is 20.9. The summed E-state index contributed by atoms with van der Waals surface area (Å²) >= 11 is 0. The maximum atomic E-state index is 9.47. The highest BCUT2D eigenvalue weighted by atomic mass is 16.3. The molecule has 4 rings (SSSR count). The summed E-state index contributed by atoms with van der Waals surface area (Å²) in [5.74, 6) is 0.924. The lowest BCUT2D eigenvalue weighted by atomic mass is 9.97. The van der Waals surface area contributed by atoms with Gasteiger partial charge in [0.1, 0.15) is 18.2 Å². The van der Waals surface area contributed by atoms with E-state index in [0.717, 1.165) is 45.6 Å². The van der Waals surface area contributed by atoms with Crippen LogP contribution >= 0.6 is 0 Å². The number of rotatable bonds is 6. The highest BCUT2D eigenvalue weighted by Gasteiger charge is 2.23. The molecule has 5 heteroatoms. The van der Waals surface area contributed by atoms with Gasteiger partial charge in [0, 0.05) is 29.7 Å². The maximum Gasteiger partial charge on any atom is 0.451 e. The van der Waals surface area contributed by atoms with Crippen LogP contribution in [0.3, 0.4) is 0 Å². The average Bonchev–Trinajstić information content (AvgIpc) is 2.82. The lowest BCUT2D eigenvalue weighted by Gasteiger charge is -2.11. The Bertz CT molecular complexity index is 1190. The van der Waals surface area contributed by atoms with Crippen molar-refractivity contribution in [1.82, 2.24) is 4.98 Å². The molecule has 5 nitrogen and oxygen atoms in total. The van der Waals surface area contributed by atoms with Crippen LogP contribution in [0, 0.1) is 0 Å². The van der Waals surface area contributed by atoms with Gasteiger partial charge >= 0.3 is 5.82 Å². The number of aromatic amines is 1. The Labute approximate surface area is 176 Å². The second-order valence-electron chi connectivity index (χ2n) is 7.13. The number of benzene rings is 2. The zero-order valence-corrected chi connectivity index (χ0v) is 17.2. The van der Waals surface area contributed by atoms with Gasteiger partial charge in [-0.15, -0.1) is 4.58 Å². The van der Waals surface area contributed by atoms with Crippen LogP contribution in [0.4, 0.5) is 5.82 Å². The Kier molecular flexibility index (Phi) is 5.93. The second kappa shape index (κ2) is 8.95. The number of nitrogens with one attached hydrogen (secondary N) is 1. The fraction of sp³-hybridized carbons (Fsp3) is 0.160. The van der Waals surface area contributed by atoms with Crippen molar-refractivity contribution < 1.29 is 20.4 Å². The maximum absolute atomic E-state index is 9.47. The lowest BCUT2D eigenvalue weighted by Crippen LogP contribution is -2.47. The molecule has 2 aromatic heterocycles. The molecule has 0 amide bonds. The standard InChI is InChI=1S/C25H25N4O/c1-2-29(14-15-30)25-22-16-21(19-6-4-3-5-7-19)24(28-23(22)12-13-27-25)20-10-8-18(17-26)9-11-20/h2-13,16,30H,14-15,17,26H2,1H3/q+1/p+2. The van der Waals surface area contributed by atoms with E-state index >= 15 is 0 Å². The van der Waals surface area contributed by atoms with Crippen LogP contribution in [0.15, 0.2) is 72.9 Å². The van der Waals surface area contributed by atoms with Gasteiger partial charge in [-0.2, -0.15) is 4.98 Å². The van der Waals surface area contributed by atoms with Crippen LogP contribution in [-0.2, 0) is 6.54 Å². The molecule has 0 atom stereocenters. The summed E-state index contributed by atoms with van der Waals surface area (Å²) in [4.78, 5) is 8.41. The first-order chi connectivity index (χ1) is 14.7. The first-order valence-electron chi connectivity index (χ1n) is 10.2. The Hall–Kier alpha value is -3.41. The van der Waals surface area contributed by atoms with E-state index in [-0.39, 0.29) is 6.61 Å². The summed E-state index contributed by atoms with van der Waals surface area (Å²) in [7, 11) is 0. The molecule has 30 heavy (non-hydrogen) atoms. The number of hydrogen-bond donors (Lipinski definition) is 2. The van der Waals surface area contributed by atoms with E-state index in [2.05, 4.69) is 53.2 Å². The average molecular weight is 400 g/mol. The molecule has 0 saturated carbocycles. The van der Waals surface area contributed by atoms with Crippen molar-refractivity contribution in [2.24, 2.45) is 0 Å². The Morgan fingerprint density at radius 3 is 2.47 bits per heavy atom. The summed E-state index contributed by atoms with van der Waals surface area (Å²) in [5.41, 5.74) is 10.3. The molecule has 2 aromatic carbocycles. The van der Waals surface area contributed by atoms with Gasteiger partial charge in [0.15, 0.2) is 12.7 Å². The molecular formula is C25H27N4O+3. The fourth-order valence-electron chi connectivity index (χ4n) is 3.72. The smallest absolute Gasteiger partial charge is 0.390 e. The third kappa shape index (κ3) is 3.85. The number of aliphatic hydroxyl groups is 1. The topological polar surface area (TPSA) is 77.9 Å². The normalized spacial score (nSPS) is 11.8. The summed E-state index contributed by atoms with van der Waals surface area (Å²) in [6, 6.07) is 23.0. The van der Waals surface area contributed by atoms with Crippen LogP contribution in [0.2, 0.25) is 0 Å². The first-order valence-corrected chi connectivity index (χ1v) is 10.2. The van der Waals surface area contributed by atoms with E-state index in [1.807, 2.05) is 48.2 Å². The van der Waals surface area contributed by atoms with Gasteiger partial charge < -0.3 is 10.8 Å². The zero-order valence-electron chi connectivity index (χ0n) is 17.2. The van der Waals surface area contributed by atoms with Crippen molar-refractivity contribution in [3.8, 4) is 22.4 Å². The first kappa shape index (κ1) is 19.9. The number of nitrogens with zero attached hydrogens (tertiary/aromatic N) is 2. The third-order valence-corrected chi connectivity index (χ3v) is 5.31. The predicted molar refractivity (Wildman–Crippen MR) is 119 cm³/mol. The Morgan fingerprint density at radius 1 is 1.03 bits per heavy atom. The van der Waals surface area contributed by atoms with Crippen LogP contribution in [-0.4, -0.2) is 34.0 Å². The molecular weight excluding hydrogens is 372 g/mol. The van der Waals surface area contributed by atoms with E-state index < -0.39 is 0 Å². The molecule has 0 bridgehead atoms. The van der Waals surface area contributed by atoms with Crippen LogP contribution in [0.1, 0.15) is 12.5 Å². The van der Waals surface area contributed by atoms with Crippen molar-refractivity contribution in [3.63, 3.8) is 0 Å². The van der Waals surface area contributed by atoms with Gasteiger partial charge in [0.25, 0.3) is 0 Å². The molecule has 5 N–H and O–H groups in total. The second-order valence-corrected chi connectivity index (χ2v) is 7.13. The van der Waals surface area contributed by atoms with Crippen molar-refractivity contribution in [2.75, 3.05) is 13.2 Å².